The number of nitrogens with zero attached hydrogens (tertiary/aromatic N) is 7. The molecule has 17 heteroatoms. The molecule has 6 rings (SSSR count). The second-order valence-electron chi connectivity index (χ2n) is 14.1. The Morgan fingerprint density at radius 1 is 0.589 bits per heavy atom. The zero-order valence-corrected chi connectivity index (χ0v) is 34.4. The molecule has 0 unspecified atom stereocenters. The van der Waals surface area contributed by atoms with E-state index in [4.69, 9.17) is 15.2 Å². The number of nitro benzene ring substituents is 2. The molecule has 16 nitrogen and oxygen atoms in total. The van der Waals surface area contributed by atoms with E-state index < -0.39 is 15.7 Å². The minimum atomic E-state index is -0.606. The normalized spacial score (nSPS) is 16.2. The molecule has 3 aromatic rings. The molecule has 0 amide bonds. The highest BCUT2D eigenvalue weighted by molar-refractivity contribution is 5.67. The summed E-state index contributed by atoms with van der Waals surface area (Å²) in [5.74, 6) is 0.518. The third-order valence-electron chi connectivity index (χ3n) is 9.93. The van der Waals surface area contributed by atoms with Crippen LogP contribution in [-0.4, -0.2) is 146 Å². The Morgan fingerprint density at radius 2 is 0.964 bits per heavy atom. The number of nitro groups is 2. The predicted molar refractivity (Wildman–Crippen MR) is 221 cm³/mol. The van der Waals surface area contributed by atoms with Gasteiger partial charge in [-0.2, -0.15) is 0 Å². The molecule has 3 heterocycles. The van der Waals surface area contributed by atoms with Crippen molar-refractivity contribution in [3.05, 3.63) is 79.1 Å². The number of likely N-dealkylation sites (N-methyl/N-ethyl adjacent to an activating group) is 3. The van der Waals surface area contributed by atoms with Crippen molar-refractivity contribution in [1.29, 1.82) is 0 Å². The number of ether oxygens (including phenoxy) is 3. The zero-order chi connectivity index (χ0) is 41.5. The molecule has 0 saturated carbocycles. The Balaban J connectivity index is 0.000000210. The molecular formula is C39H60FN9O7. The summed E-state index contributed by atoms with van der Waals surface area (Å²) >= 11 is 0. The van der Waals surface area contributed by atoms with E-state index in [1.54, 1.807) is 19.2 Å². The van der Waals surface area contributed by atoms with Gasteiger partial charge in [-0.05, 0) is 64.7 Å². The lowest BCUT2D eigenvalue weighted by atomic mass is 10.1. The fourth-order valence-corrected chi connectivity index (χ4v) is 6.35. The van der Waals surface area contributed by atoms with Gasteiger partial charge in [-0.1, -0.05) is 0 Å². The van der Waals surface area contributed by atoms with Crippen molar-refractivity contribution in [3.63, 3.8) is 0 Å². The number of piperazine rings is 3. The van der Waals surface area contributed by atoms with Crippen molar-refractivity contribution in [1.82, 2.24) is 20.0 Å². The van der Waals surface area contributed by atoms with E-state index in [0.29, 0.717) is 11.4 Å². The number of hydrogen-bond acceptors (Lipinski definition) is 14. The molecule has 0 radical (unpaired) electrons. The van der Waals surface area contributed by atoms with Crippen LogP contribution in [0.2, 0.25) is 0 Å². The minimum absolute atomic E-state index is 0.0258. The number of halogens is 1. The van der Waals surface area contributed by atoms with E-state index in [1.807, 2.05) is 13.0 Å². The van der Waals surface area contributed by atoms with Crippen molar-refractivity contribution < 1.29 is 28.4 Å². The molecule has 0 aliphatic carbocycles. The van der Waals surface area contributed by atoms with Crippen molar-refractivity contribution in [2.24, 2.45) is 0 Å². The summed E-state index contributed by atoms with van der Waals surface area (Å²) in [6.45, 7) is 18.4. The lowest BCUT2D eigenvalue weighted by Crippen LogP contribution is -2.44. The Hall–Kier alpha value is -4.97. The van der Waals surface area contributed by atoms with E-state index >= 15 is 0 Å². The van der Waals surface area contributed by atoms with E-state index in [2.05, 4.69) is 68.7 Å². The maximum Gasteiger partial charge on any atom is 0.311 e. The number of benzene rings is 3. The minimum Gasteiger partial charge on any atom is -0.495 e. The molecule has 310 valence electrons. The Morgan fingerprint density at radius 3 is 1.36 bits per heavy atom. The molecule has 3 aliphatic heterocycles. The number of aryl methyl sites for hydroxylation is 3. The van der Waals surface area contributed by atoms with Crippen LogP contribution in [0.4, 0.5) is 32.8 Å². The first-order chi connectivity index (χ1) is 26.6. The highest BCUT2D eigenvalue weighted by Gasteiger charge is 2.22. The quantitative estimate of drug-likeness (QED) is 0.194. The highest BCUT2D eigenvalue weighted by Crippen LogP contribution is 2.35. The summed E-state index contributed by atoms with van der Waals surface area (Å²) in [6.07, 6.45) is 0. The predicted octanol–water partition coefficient (Wildman–Crippen LogP) is 4.57. The van der Waals surface area contributed by atoms with Gasteiger partial charge in [-0.3, -0.25) is 20.2 Å². The highest BCUT2D eigenvalue weighted by atomic mass is 19.1. The maximum atomic E-state index is 12.9. The molecule has 56 heavy (non-hydrogen) atoms. The average molecular weight is 786 g/mol. The summed E-state index contributed by atoms with van der Waals surface area (Å²) in [7, 11) is 10.8. The number of nitrogen functional groups attached to an aromatic ring is 1. The van der Waals surface area contributed by atoms with Crippen LogP contribution < -0.4 is 35.1 Å². The van der Waals surface area contributed by atoms with Gasteiger partial charge in [-0.15, -0.1) is 0 Å². The lowest BCUT2D eigenvalue weighted by molar-refractivity contribution is -0.386. The number of rotatable bonds is 7. The summed E-state index contributed by atoms with van der Waals surface area (Å²) in [5, 5.41) is 24.7. The van der Waals surface area contributed by atoms with Crippen LogP contribution in [-0.2, 0) is 0 Å². The summed E-state index contributed by atoms with van der Waals surface area (Å²) in [6, 6.07) is 9.56. The number of anilines is 3. The van der Waals surface area contributed by atoms with Crippen molar-refractivity contribution in [3.8, 4) is 17.2 Å². The first-order valence-corrected chi connectivity index (χ1v) is 18.6. The summed E-state index contributed by atoms with van der Waals surface area (Å²) in [4.78, 5) is 32.0. The number of nitrogens with two attached hydrogens (primary N) is 1. The van der Waals surface area contributed by atoms with Gasteiger partial charge in [0.1, 0.15) is 11.6 Å². The fraction of sp³-hybridized carbons (Fsp3) is 0.538. The second kappa shape index (κ2) is 21.9. The Kier molecular flexibility index (Phi) is 17.8. The average Bonchev–Trinajstić information content (AvgIpc) is 3.17. The van der Waals surface area contributed by atoms with E-state index in [9.17, 15) is 24.6 Å². The van der Waals surface area contributed by atoms with Crippen LogP contribution in [0.15, 0.2) is 36.4 Å². The van der Waals surface area contributed by atoms with Gasteiger partial charge >= 0.3 is 11.4 Å². The van der Waals surface area contributed by atoms with Crippen LogP contribution >= 0.6 is 0 Å². The summed E-state index contributed by atoms with van der Waals surface area (Å²) in [5.41, 5.74) is 11.0. The van der Waals surface area contributed by atoms with Gasteiger partial charge in [-0.25, -0.2) is 4.39 Å². The largest absolute Gasteiger partial charge is 0.495 e. The molecule has 3 fully saturated rings. The Labute approximate surface area is 330 Å². The SMILES string of the molecule is CN1CCNCC1.COc1cc(F)c(C)cc1[N+](=O)[O-].COc1cc(N2CCN(C)CC2)c(C)cc1N.COc1cc(N2CCN(C)CC2)c(C)cc1[N+](=O)[O-]. The van der Waals surface area contributed by atoms with Crippen LogP contribution in [0, 0.1) is 46.8 Å². The van der Waals surface area contributed by atoms with Gasteiger partial charge in [0, 0.05) is 120 Å². The molecule has 3 saturated heterocycles. The number of hydrogen-bond donors (Lipinski definition) is 2. The fourth-order valence-electron chi connectivity index (χ4n) is 6.35. The van der Waals surface area contributed by atoms with Crippen molar-refractivity contribution in [2.75, 3.05) is 137 Å². The third-order valence-corrected chi connectivity index (χ3v) is 9.93. The van der Waals surface area contributed by atoms with Gasteiger partial charge in [0.2, 0.25) is 0 Å². The first-order valence-electron chi connectivity index (χ1n) is 18.6. The number of methoxy groups -OCH3 is 3. The molecule has 0 atom stereocenters. The molecule has 3 N–H and O–H groups in total. The lowest BCUT2D eigenvalue weighted by Gasteiger charge is -2.35. The first kappa shape index (κ1) is 45.4. The van der Waals surface area contributed by atoms with E-state index in [1.165, 1.54) is 45.5 Å². The van der Waals surface area contributed by atoms with E-state index in [0.717, 1.165) is 94.6 Å². The van der Waals surface area contributed by atoms with E-state index in [-0.39, 0.29) is 22.7 Å². The van der Waals surface area contributed by atoms with Crippen molar-refractivity contribution >= 4 is 28.4 Å². The molecule has 0 spiro atoms. The standard InChI is InChI=1S/C13H19N3O3.C13H21N3O.C8H8FNO3.C5H12N2/c1-10-8-12(16(17)18)13(19-3)9-11(10)15-6-4-14(2)5-7-15;1-10-8-11(14)13(17-3)9-12(10)16-6-4-15(2)5-7-16;1-5-3-7(10(11)12)8(13-2)4-6(5)9;1-7-4-2-6-3-5-7/h8-9H,4-7H2,1-3H3;8-9H,4-7,14H2,1-3H3;3-4H,1-2H3;6H,2-5H2,1H3. The molecular weight excluding hydrogens is 725 g/mol. The third kappa shape index (κ3) is 13.1. The topological polar surface area (TPSA) is 168 Å². The van der Waals surface area contributed by atoms with Crippen molar-refractivity contribution in [2.45, 2.75) is 20.8 Å². The van der Waals surface area contributed by atoms with Crippen LogP contribution in [0.5, 0.6) is 17.2 Å². The van der Waals surface area contributed by atoms with Gasteiger partial charge < -0.3 is 49.8 Å². The zero-order valence-electron chi connectivity index (χ0n) is 34.4. The van der Waals surface area contributed by atoms with Crippen LogP contribution in [0.1, 0.15) is 16.7 Å². The van der Waals surface area contributed by atoms with Gasteiger partial charge in [0.05, 0.1) is 36.9 Å². The van der Waals surface area contributed by atoms with Crippen LogP contribution in [0.25, 0.3) is 0 Å². The van der Waals surface area contributed by atoms with Gasteiger partial charge in [0.25, 0.3) is 0 Å². The van der Waals surface area contributed by atoms with Crippen LogP contribution in [0.3, 0.4) is 0 Å². The molecule has 3 aliphatic rings. The Bertz CT molecular complexity index is 1740. The van der Waals surface area contributed by atoms with Gasteiger partial charge in [0.15, 0.2) is 11.5 Å². The summed E-state index contributed by atoms with van der Waals surface area (Å²) < 4.78 is 28.0. The number of nitrogens with one attached hydrogen (secondary N) is 1. The molecule has 3 aromatic carbocycles. The smallest absolute Gasteiger partial charge is 0.311 e. The monoisotopic (exact) mass is 785 g/mol. The molecule has 0 bridgehead atoms. The second-order valence-corrected chi connectivity index (χ2v) is 14.1. The molecule has 0 aromatic heterocycles. The maximum absolute atomic E-state index is 12.9.